The molecule has 2 aliphatic rings. The molecule has 1 amide bonds. The molecule has 106 valence electrons. The lowest BCUT2D eigenvalue weighted by Gasteiger charge is -2.39. The van der Waals surface area contributed by atoms with Crippen molar-refractivity contribution in [3.63, 3.8) is 0 Å². The van der Waals surface area contributed by atoms with Gasteiger partial charge in [-0.25, -0.2) is 4.79 Å². The van der Waals surface area contributed by atoms with Crippen LogP contribution in [0.1, 0.15) is 46.0 Å². The average molecular weight is 268 g/mol. The zero-order chi connectivity index (χ0) is 14.0. The van der Waals surface area contributed by atoms with Crippen LogP contribution in [0.15, 0.2) is 5.16 Å². The molecule has 6 heteroatoms. The minimum absolute atomic E-state index is 0.0360. The lowest BCUT2D eigenvalue weighted by atomic mass is 9.73. The first-order valence-electron chi connectivity index (χ1n) is 6.66. The number of carbonyl (C=O) groups excluding carboxylic acids is 1. The third-order valence-electron chi connectivity index (χ3n) is 4.03. The van der Waals surface area contributed by atoms with Crippen molar-refractivity contribution < 1.29 is 19.5 Å². The number of nitrogens with one attached hydrogen (secondary N) is 1. The minimum atomic E-state index is -1.13. The molecule has 0 spiro atoms. The molecule has 2 atom stereocenters. The Labute approximate surface area is 112 Å². The molecular formula is C13H20N2O4. The highest BCUT2D eigenvalue weighted by Gasteiger charge is 2.37. The maximum absolute atomic E-state index is 12.1. The summed E-state index contributed by atoms with van der Waals surface area (Å²) in [5.41, 5.74) is -0.0220. The van der Waals surface area contributed by atoms with Gasteiger partial charge in [-0.3, -0.25) is 4.79 Å². The molecule has 0 saturated heterocycles. The highest BCUT2D eigenvalue weighted by molar-refractivity contribution is 6.36. The second-order valence-electron chi connectivity index (χ2n) is 5.94. The van der Waals surface area contributed by atoms with E-state index in [9.17, 15) is 9.59 Å². The van der Waals surface area contributed by atoms with E-state index in [4.69, 9.17) is 9.94 Å². The quantitative estimate of drug-likeness (QED) is 0.807. The topological polar surface area (TPSA) is 88.0 Å². The molecule has 1 aliphatic heterocycles. The van der Waals surface area contributed by atoms with Crippen LogP contribution in [-0.4, -0.2) is 34.8 Å². The summed E-state index contributed by atoms with van der Waals surface area (Å²) in [6.07, 6.45) is 3.57. The minimum Gasteiger partial charge on any atom is -0.477 e. The Bertz CT molecular complexity index is 417. The van der Waals surface area contributed by atoms with Crippen molar-refractivity contribution in [1.82, 2.24) is 5.32 Å². The summed E-state index contributed by atoms with van der Waals surface area (Å²) < 4.78 is 0. The van der Waals surface area contributed by atoms with Crippen LogP contribution in [0.4, 0.5) is 0 Å². The molecule has 0 aromatic heterocycles. The Morgan fingerprint density at radius 2 is 2.16 bits per heavy atom. The lowest BCUT2D eigenvalue weighted by Crippen LogP contribution is -2.50. The molecule has 6 nitrogen and oxygen atoms in total. The molecule has 1 saturated carbocycles. The lowest BCUT2D eigenvalue weighted by molar-refractivity contribution is -0.133. The summed E-state index contributed by atoms with van der Waals surface area (Å²) in [6.45, 7) is 4.29. The van der Waals surface area contributed by atoms with Gasteiger partial charge < -0.3 is 15.3 Å². The standard InChI is InChI=1S/C13H20N2O4/c1-13(2)6-4-3-5-10(13)14-11(16)9-7-8(12(17)18)15-19-9/h9-10H,3-7H2,1-2H3,(H,14,16)(H,17,18). The number of amides is 1. The largest absolute Gasteiger partial charge is 0.477 e. The van der Waals surface area contributed by atoms with Crippen LogP contribution < -0.4 is 5.32 Å². The van der Waals surface area contributed by atoms with E-state index >= 15 is 0 Å². The Kier molecular flexibility index (Phi) is 3.78. The molecule has 0 radical (unpaired) electrons. The predicted molar refractivity (Wildman–Crippen MR) is 68.7 cm³/mol. The van der Waals surface area contributed by atoms with E-state index in [1.165, 1.54) is 6.42 Å². The number of oxime groups is 1. The summed E-state index contributed by atoms with van der Waals surface area (Å²) >= 11 is 0. The van der Waals surface area contributed by atoms with Gasteiger partial charge in [-0.15, -0.1) is 0 Å². The zero-order valence-electron chi connectivity index (χ0n) is 11.3. The smallest absolute Gasteiger partial charge is 0.353 e. The highest BCUT2D eigenvalue weighted by Crippen LogP contribution is 2.35. The van der Waals surface area contributed by atoms with E-state index in [1.54, 1.807) is 0 Å². The number of rotatable bonds is 3. The van der Waals surface area contributed by atoms with Gasteiger partial charge in [0.1, 0.15) is 0 Å². The summed E-state index contributed by atoms with van der Waals surface area (Å²) in [4.78, 5) is 27.7. The van der Waals surface area contributed by atoms with Gasteiger partial charge >= 0.3 is 5.97 Å². The Morgan fingerprint density at radius 1 is 1.42 bits per heavy atom. The first-order valence-corrected chi connectivity index (χ1v) is 6.66. The van der Waals surface area contributed by atoms with Gasteiger partial charge in [0.15, 0.2) is 5.71 Å². The monoisotopic (exact) mass is 268 g/mol. The third-order valence-corrected chi connectivity index (χ3v) is 4.03. The van der Waals surface area contributed by atoms with E-state index in [0.29, 0.717) is 0 Å². The molecule has 0 aromatic rings. The summed E-state index contributed by atoms with van der Waals surface area (Å²) in [6, 6.07) is 0.117. The first kappa shape index (κ1) is 13.8. The van der Waals surface area contributed by atoms with Gasteiger partial charge in [-0.2, -0.15) is 0 Å². The van der Waals surface area contributed by atoms with Gasteiger partial charge in [0.05, 0.1) is 0 Å². The predicted octanol–water partition coefficient (Wildman–Crippen LogP) is 1.30. The summed E-state index contributed by atoms with van der Waals surface area (Å²) in [5.74, 6) is -1.40. The molecule has 1 fully saturated rings. The Balaban J connectivity index is 1.90. The van der Waals surface area contributed by atoms with Crippen LogP contribution in [0.25, 0.3) is 0 Å². The van der Waals surface area contributed by atoms with Crippen molar-refractivity contribution in [2.45, 2.75) is 58.1 Å². The highest BCUT2D eigenvalue weighted by atomic mass is 16.6. The average Bonchev–Trinajstić information content (AvgIpc) is 2.81. The number of nitrogens with zero attached hydrogens (tertiary/aromatic N) is 1. The molecular weight excluding hydrogens is 248 g/mol. The van der Waals surface area contributed by atoms with Crippen LogP contribution in [0.2, 0.25) is 0 Å². The van der Waals surface area contributed by atoms with Gasteiger partial charge in [0, 0.05) is 12.5 Å². The van der Waals surface area contributed by atoms with E-state index < -0.39 is 12.1 Å². The summed E-state index contributed by atoms with van der Waals surface area (Å²) in [5, 5.41) is 15.2. The van der Waals surface area contributed by atoms with Crippen LogP contribution in [0.5, 0.6) is 0 Å². The van der Waals surface area contributed by atoms with Gasteiger partial charge in [-0.1, -0.05) is 31.8 Å². The summed E-state index contributed by atoms with van der Waals surface area (Å²) in [7, 11) is 0. The maximum atomic E-state index is 12.1. The zero-order valence-corrected chi connectivity index (χ0v) is 11.3. The van der Waals surface area contributed by atoms with Crippen LogP contribution in [0, 0.1) is 5.41 Å². The second-order valence-corrected chi connectivity index (χ2v) is 5.94. The van der Waals surface area contributed by atoms with Crippen molar-refractivity contribution >= 4 is 17.6 Å². The number of hydrogen-bond donors (Lipinski definition) is 2. The number of carboxylic acid groups (broad SMARTS) is 1. The molecule has 2 rings (SSSR count). The molecule has 2 unspecified atom stereocenters. The molecule has 0 bridgehead atoms. The molecule has 0 aromatic carbocycles. The Hall–Kier alpha value is -1.59. The van der Waals surface area contributed by atoms with Crippen LogP contribution in [0.3, 0.4) is 0 Å². The van der Waals surface area contributed by atoms with Crippen molar-refractivity contribution in [1.29, 1.82) is 0 Å². The van der Waals surface area contributed by atoms with Crippen LogP contribution >= 0.6 is 0 Å². The van der Waals surface area contributed by atoms with E-state index in [1.807, 2.05) is 0 Å². The van der Waals surface area contributed by atoms with E-state index in [-0.39, 0.29) is 29.5 Å². The number of carboxylic acids is 1. The Morgan fingerprint density at radius 3 is 2.74 bits per heavy atom. The fraction of sp³-hybridized carbons (Fsp3) is 0.769. The number of carbonyl (C=O) groups is 2. The van der Waals surface area contributed by atoms with E-state index in [2.05, 4.69) is 24.3 Å². The number of hydrogen-bond acceptors (Lipinski definition) is 4. The van der Waals surface area contributed by atoms with Gasteiger partial charge in [-0.05, 0) is 18.3 Å². The number of aliphatic carboxylic acids is 1. The maximum Gasteiger partial charge on any atom is 0.353 e. The molecule has 1 aliphatic carbocycles. The van der Waals surface area contributed by atoms with Crippen molar-refractivity contribution in [3.05, 3.63) is 0 Å². The molecule has 2 N–H and O–H groups in total. The molecule has 1 heterocycles. The third kappa shape index (κ3) is 3.05. The van der Waals surface area contributed by atoms with Crippen molar-refractivity contribution in [2.24, 2.45) is 10.6 Å². The van der Waals surface area contributed by atoms with Crippen molar-refractivity contribution in [2.75, 3.05) is 0 Å². The molecule has 19 heavy (non-hydrogen) atoms. The van der Waals surface area contributed by atoms with Gasteiger partial charge in [0.2, 0.25) is 6.10 Å². The fourth-order valence-electron chi connectivity index (χ4n) is 2.67. The van der Waals surface area contributed by atoms with Crippen molar-refractivity contribution in [3.8, 4) is 0 Å². The van der Waals surface area contributed by atoms with E-state index in [0.717, 1.165) is 19.3 Å². The van der Waals surface area contributed by atoms with Gasteiger partial charge in [0.25, 0.3) is 5.91 Å². The fourth-order valence-corrected chi connectivity index (χ4v) is 2.67. The normalized spacial score (nSPS) is 29.3. The van der Waals surface area contributed by atoms with Crippen LogP contribution in [-0.2, 0) is 14.4 Å². The first-order chi connectivity index (χ1) is 8.90. The SMILES string of the molecule is CC1(C)CCCCC1NC(=O)C1CC(C(=O)O)=NO1. The second kappa shape index (κ2) is 5.19.